The molecule has 134 valence electrons. The lowest BCUT2D eigenvalue weighted by Crippen LogP contribution is -2.39. The molecule has 1 amide bonds. The zero-order valence-corrected chi connectivity index (χ0v) is 14.7. The molecule has 7 heteroatoms. The number of benzene rings is 1. The third-order valence-electron chi connectivity index (χ3n) is 5.93. The van der Waals surface area contributed by atoms with Crippen LogP contribution in [0.25, 0.3) is 16.6 Å². The Balaban J connectivity index is 1.56. The highest BCUT2D eigenvalue weighted by atomic mass is 16.5. The maximum atomic E-state index is 12.9. The van der Waals surface area contributed by atoms with Gasteiger partial charge in [-0.05, 0) is 43.2 Å². The van der Waals surface area contributed by atoms with E-state index in [4.69, 9.17) is 10.5 Å². The maximum absolute atomic E-state index is 12.9. The lowest BCUT2D eigenvalue weighted by Gasteiger charge is -2.31. The predicted molar refractivity (Wildman–Crippen MR) is 98.3 cm³/mol. The number of hydrogen-bond acceptors (Lipinski definition) is 5. The van der Waals surface area contributed by atoms with E-state index < -0.39 is 0 Å². The zero-order valence-electron chi connectivity index (χ0n) is 14.7. The number of carbonyl (C=O) groups is 1. The molecule has 2 aromatic heterocycles. The van der Waals surface area contributed by atoms with Gasteiger partial charge in [-0.2, -0.15) is 0 Å². The number of nitrogens with two attached hydrogens (primary N) is 1. The second kappa shape index (κ2) is 5.33. The fourth-order valence-corrected chi connectivity index (χ4v) is 4.02. The van der Waals surface area contributed by atoms with Crippen LogP contribution in [0.2, 0.25) is 0 Å². The molecule has 3 aromatic rings. The van der Waals surface area contributed by atoms with Crippen LogP contribution in [-0.4, -0.2) is 45.4 Å². The number of likely N-dealkylation sites (tertiary alicyclic amines) is 1. The van der Waals surface area contributed by atoms with Crippen LogP contribution in [0, 0.1) is 5.41 Å². The van der Waals surface area contributed by atoms with Crippen LogP contribution in [0.3, 0.4) is 0 Å². The fraction of sp³-hybridized carbons (Fsp3) is 0.421. The van der Waals surface area contributed by atoms with E-state index in [9.17, 15) is 4.79 Å². The van der Waals surface area contributed by atoms with Crippen molar-refractivity contribution < 1.29 is 9.53 Å². The SMILES string of the molecule is COc1cccc2c1nc(N)n1cc(C(=O)N3CCC4(CC3)CC4)nc21. The van der Waals surface area contributed by atoms with Gasteiger partial charge in [-0.1, -0.05) is 6.07 Å². The number of amides is 1. The molecule has 0 bridgehead atoms. The normalized spacial score (nSPS) is 18.6. The Labute approximate surface area is 150 Å². The number of para-hydroxylation sites is 1. The minimum atomic E-state index is -0.0281. The van der Waals surface area contributed by atoms with Gasteiger partial charge in [-0.15, -0.1) is 0 Å². The van der Waals surface area contributed by atoms with Crippen molar-refractivity contribution >= 4 is 28.4 Å². The first-order valence-electron chi connectivity index (χ1n) is 9.01. The summed E-state index contributed by atoms with van der Waals surface area (Å²) in [6.45, 7) is 1.63. The molecule has 0 radical (unpaired) electrons. The Morgan fingerprint density at radius 3 is 2.65 bits per heavy atom. The quantitative estimate of drug-likeness (QED) is 0.767. The fourth-order valence-electron chi connectivity index (χ4n) is 4.02. The summed E-state index contributed by atoms with van der Waals surface area (Å²) in [5.74, 6) is 0.900. The van der Waals surface area contributed by atoms with Gasteiger partial charge in [0.25, 0.3) is 5.91 Å². The third-order valence-corrected chi connectivity index (χ3v) is 5.93. The van der Waals surface area contributed by atoms with Gasteiger partial charge in [0.2, 0.25) is 5.95 Å². The van der Waals surface area contributed by atoms with Crippen LogP contribution in [0.5, 0.6) is 5.75 Å². The van der Waals surface area contributed by atoms with Crippen LogP contribution in [-0.2, 0) is 0 Å². The van der Waals surface area contributed by atoms with E-state index in [0.29, 0.717) is 34.0 Å². The van der Waals surface area contributed by atoms with Crippen molar-refractivity contribution in [3.8, 4) is 5.75 Å². The summed E-state index contributed by atoms with van der Waals surface area (Å²) in [7, 11) is 1.60. The number of aromatic nitrogens is 3. The first-order chi connectivity index (χ1) is 12.6. The van der Waals surface area contributed by atoms with Crippen LogP contribution in [0.1, 0.15) is 36.2 Å². The summed E-state index contributed by atoms with van der Waals surface area (Å²) >= 11 is 0. The van der Waals surface area contributed by atoms with E-state index in [-0.39, 0.29) is 5.91 Å². The summed E-state index contributed by atoms with van der Waals surface area (Å²) in [6, 6.07) is 5.63. The summed E-state index contributed by atoms with van der Waals surface area (Å²) < 4.78 is 7.06. The van der Waals surface area contributed by atoms with E-state index in [2.05, 4.69) is 9.97 Å². The number of carbonyl (C=O) groups excluding carboxylic acids is 1. The van der Waals surface area contributed by atoms with Crippen LogP contribution in [0.15, 0.2) is 24.4 Å². The molecule has 2 fully saturated rings. The Morgan fingerprint density at radius 2 is 1.96 bits per heavy atom. The van der Waals surface area contributed by atoms with E-state index in [1.807, 2.05) is 23.1 Å². The van der Waals surface area contributed by atoms with Gasteiger partial charge in [-0.3, -0.25) is 9.20 Å². The van der Waals surface area contributed by atoms with Crippen molar-refractivity contribution in [1.82, 2.24) is 19.3 Å². The molecule has 26 heavy (non-hydrogen) atoms. The standard InChI is InChI=1S/C19H21N5O2/c1-26-14-4-2-3-12-15(14)22-18(20)24-11-13(21-16(12)24)17(25)23-9-7-19(5-6-19)8-10-23/h2-4,11H,5-10H2,1H3,(H2,20,22). The second-order valence-electron chi connectivity index (χ2n) is 7.44. The molecular weight excluding hydrogens is 330 g/mol. The third kappa shape index (κ3) is 2.23. The number of methoxy groups -OCH3 is 1. The van der Waals surface area contributed by atoms with Crippen molar-refractivity contribution in [3.05, 3.63) is 30.1 Å². The van der Waals surface area contributed by atoms with Gasteiger partial charge in [0, 0.05) is 24.7 Å². The van der Waals surface area contributed by atoms with Gasteiger partial charge in [0.15, 0.2) is 0 Å². The smallest absolute Gasteiger partial charge is 0.274 e. The molecule has 1 aromatic carbocycles. The van der Waals surface area contributed by atoms with E-state index >= 15 is 0 Å². The monoisotopic (exact) mass is 351 g/mol. The first kappa shape index (κ1) is 15.4. The van der Waals surface area contributed by atoms with Crippen molar-refractivity contribution in [2.24, 2.45) is 5.41 Å². The molecule has 1 spiro atoms. The van der Waals surface area contributed by atoms with Gasteiger partial charge in [-0.25, -0.2) is 9.97 Å². The van der Waals surface area contributed by atoms with E-state index in [1.54, 1.807) is 17.7 Å². The number of nitrogens with zero attached hydrogens (tertiary/aromatic N) is 4. The lowest BCUT2D eigenvalue weighted by molar-refractivity contribution is 0.0673. The molecule has 1 saturated carbocycles. The highest BCUT2D eigenvalue weighted by molar-refractivity contribution is 5.99. The van der Waals surface area contributed by atoms with Crippen LogP contribution in [0.4, 0.5) is 5.95 Å². The molecule has 2 aliphatic rings. The Hall–Kier alpha value is -2.83. The molecule has 5 rings (SSSR count). The van der Waals surface area contributed by atoms with Crippen molar-refractivity contribution in [2.45, 2.75) is 25.7 Å². The van der Waals surface area contributed by atoms with Crippen LogP contribution >= 0.6 is 0 Å². The topological polar surface area (TPSA) is 85.8 Å². The zero-order chi connectivity index (χ0) is 17.9. The number of piperidine rings is 1. The second-order valence-corrected chi connectivity index (χ2v) is 7.44. The number of fused-ring (bicyclic) bond motifs is 3. The molecule has 0 atom stereocenters. The Bertz CT molecular complexity index is 1030. The minimum absolute atomic E-state index is 0.0281. The molecule has 0 unspecified atom stereocenters. The van der Waals surface area contributed by atoms with Crippen molar-refractivity contribution in [1.29, 1.82) is 0 Å². The van der Waals surface area contributed by atoms with Crippen molar-refractivity contribution in [2.75, 3.05) is 25.9 Å². The predicted octanol–water partition coefficient (Wildman–Crippen LogP) is 2.49. The molecule has 7 nitrogen and oxygen atoms in total. The lowest BCUT2D eigenvalue weighted by atomic mass is 9.93. The number of imidazole rings is 1. The highest BCUT2D eigenvalue weighted by Crippen LogP contribution is 2.53. The number of nitrogen functional groups attached to an aromatic ring is 1. The van der Waals surface area contributed by atoms with Gasteiger partial charge >= 0.3 is 0 Å². The molecular formula is C19H21N5O2. The van der Waals surface area contributed by atoms with Gasteiger partial charge in [0.1, 0.15) is 22.6 Å². The molecule has 1 aliphatic heterocycles. The number of ether oxygens (including phenoxy) is 1. The van der Waals surface area contributed by atoms with Gasteiger partial charge < -0.3 is 15.4 Å². The largest absolute Gasteiger partial charge is 0.494 e. The molecule has 1 saturated heterocycles. The average molecular weight is 351 g/mol. The summed E-state index contributed by atoms with van der Waals surface area (Å²) in [4.78, 5) is 23.9. The number of anilines is 1. The van der Waals surface area contributed by atoms with E-state index in [0.717, 1.165) is 31.3 Å². The number of rotatable bonds is 2. The van der Waals surface area contributed by atoms with Crippen LogP contribution < -0.4 is 10.5 Å². The maximum Gasteiger partial charge on any atom is 0.274 e. The summed E-state index contributed by atoms with van der Waals surface area (Å²) in [5.41, 5.74) is 8.35. The highest BCUT2D eigenvalue weighted by Gasteiger charge is 2.45. The summed E-state index contributed by atoms with van der Waals surface area (Å²) in [5, 5.41) is 0.813. The first-order valence-corrected chi connectivity index (χ1v) is 9.01. The molecule has 2 N–H and O–H groups in total. The Kier molecular flexibility index (Phi) is 3.16. The molecule has 3 heterocycles. The van der Waals surface area contributed by atoms with Gasteiger partial charge in [0.05, 0.1) is 7.11 Å². The average Bonchev–Trinajstić information content (AvgIpc) is 3.25. The molecule has 1 aliphatic carbocycles. The Morgan fingerprint density at radius 1 is 1.19 bits per heavy atom. The summed E-state index contributed by atoms with van der Waals surface area (Å²) in [6.07, 6.45) is 6.55. The number of hydrogen-bond donors (Lipinski definition) is 1. The minimum Gasteiger partial charge on any atom is -0.494 e. The van der Waals surface area contributed by atoms with E-state index in [1.165, 1.54) is 12.8 Å². The van der Waals surface area contributed by atoms with Crippen molar-refractivity contribution in [3.63, 3.8) is 0 Å².